The van der Waals surface area contributed by atoms with Gasteiger partial charge in [0.2, 0.25) is 0 Å². The van der Waals surface area contributed by atoms with Crippen LogP contribution in [0.15, 0.2) is 12.8 Å². The van der Waals surface area contributed by atoms with Gasteiger partial charge in [-0.15, -0.1) is 11.6 Å². The lowest BCUT2D eigenvalue weighted by molar-refractivity contribution is 0.123. The third-order valence-electron chi connectivity index (χ3n) is 0.890. The topological polar surface area (TPSA) is 18.5 Å². The Morgan fingerprint density at radius 2 is 2.10 bits per heavy atom. The fraction of sp³-hybridized carbons (Fsp3) is 0.714. The first kappa shape index (κ1) is 9.79. The summed E-state index contributed by atoms with van der Waals surface area (Å²) >= 11 is 5.37. The highest BCUT2D eigenvalue weighted by molar-refractivity contribution is 6.17. The third kappa shape index (κ3) is 7.79. The summed E-state index contributed by atoms with van der Waals surface area (Å²) in [7, 11) is 0. The van der Waals surface area contributed by atoms with E-state index < -0.39 is 0 Å². The predicted molar refractivity (Wildman–Crippen MR) is 42.3 cm³/mol. The van der Waals surface area contributed by atoms with Gasteiger partial charge >= 0.3 is 0 Å². The Hall–Kier alpha value is -0.210. The van der Waals surface area contributed by atoms with Crippen molar-refractivity contribution in [2.75, 3.05) is 25.7 Å². The van der Waals surface area contributed by atoms with Crippen molar-refractivity contribution < 1.29 is 9.47 Å². The summed E-state index contributed by atoms with van der Waals surface area (Å²) in [5.41, 5.74) is 0. The van der Waals surface area contributed by atoms with Crippen molar-refractivity contribution in [3.05, 3.63) is 12.8 Å². The average Bonchev–Trinajstić information content (AvgIpc) is 1.97. The molecule has 0 amide bonds. The number of hydrogen-bond donors (Lipinski definition) is 0. The van der Waals surface area contributed by atoms with Crippen LogP contribution in [0.1, 0.15) is 6.42 Å². The summed E-state index contributed by atoms with van der Waals surface area (Å²) in [4.78, 5) is 0. The van der Waals surface area contributed by atoms with Crippen LogP contribution in [-0.2, 0) is 9.47 Å². The van der Waals surface area contributed by atoms with Crippen LogP contribution in [0.25, 0.3) is 0 Å². The van der Waals surface area contributed by atoms with E-state index in [2.05, 4.69) is 6.58 Å². The predicted octanol–water partition coefficient (Wildman–Crippen LogP) is 1.79. The minimum absolute atomic E-state index is 0.558. The molecule has 60 valence electrons. The van der Waals surface area contributed by atoms with Crippen molar-refractivity contribution in [2.45, 2.75) is 6.42 Å². The number of halogens is 1. The summed E-state index contributed by atoms with van der Waals surface area (Å²) in [5, 5.41) is 0. The second-order valence-electron chi connectivity index (χ2n) is 1.69. The van der Waals surface area contributed by atoms with Crippen molar-refractivity contribution in [1.82, 2.24) is 0 Å². The van der Waals surface area contributed by atoms with E-state index >= 15 is 0 Å². The molecule has 0 rings (SSSR count). The molecule has 0 aromatic rings. The zero-order valence-corrected chi connectivity index (χ0v) is 6.77. The number of alkyl halides is 1. The first-order chi connectivity index (χ1) is 4.91. The van der Waals surface area contributed by atoms with Crippen molar-refractivity contribution in [3.8, 4) is 0 Å². The molecule has 0 aliphatic rings. The molecule has 0 spiro atoms. The lowest BCUT2D eigenvalue weighted by atomic mass is 10.5. The molecule has 0 aliphatic heterocycles. The van der Waals surface area contributed by atoms with E-state index in [4.69, 9.17) is 21.1 Å². The first-order valence-corrected chi connectivity index (χ1v) is 3.81. The Bertz CT molecular complexity index is 76.0. The lowest BCUT2D eigenvalue weighted by Gasteiger charge is -2.00. The Balaban J connectivity index is 2.70. The fourth-order valence-electron chi connectivity index (χ4n) is 0.484. The summed E-state index contributed by atoms with van der Waals surface area (Å²) < 4.78 is 9.95. The summed E-state index contributed by atoms with van der Waals surface area (Å²) in [6, 6.07) is 0. The molecule has 0 aromatic carbocycles. The molecule has 0 aromatic heterocycles. The van der Waals surface area contributed by atoms with Crippen molar-refractivity contribution >= 4 is 11.6 Å². The summed E-state index contributed by atoms with van der Waals surface area (Å²) in [6.07, 6.45) is 2.32. The third-order valence-corrected chi connectivity index (χ3v) is 1.04. The average molecular weight is 165 g/mol. The molecule has 3 heteroatoms. The van der Waals surface area contributed by atoms with Gasteiger partial charge in [0.1, 0.15) is 0 Å². The molecule has 0 saturated heterocycles. The van der Waals surface area contributed by atoms with Crippen molar-refractivity contribution in [2.24, 2.45) is 0 Å². The highest BCUT2D eigenvalue weighted by Gasteiger charge is 1.86. The second kappa shape index (κ2) is 8.79. The number of rotatable bonds is 7. The van der Waals surface area contributed by atoms with Crippen LogP contribution >= 0.6 is 11.6 Å². The van der Waals surface area contributed by atoms with Gasteiger partial charge in [-0.2, -0.15) is 0 Å². The molecule has 10 heavy (non-hydrogen) atoms. The van der Waals surface area contributed by atoms with Crippen molar-refractivity contribution in [1.29, 1.82) is 0 Å². The maximum Gasteiger partial charge on any atom is 0.0895 e. The van der Waals surface area contributed by atoms with Gasteiger partial charge < -0.3 is 9.47 Å². The number of hydrogen-bond acceptors (Lipinski definition) is 2. The standard InChI is InChI=1S/C7H13ClO2/c1-2-9-5-3-6-10-7-4-8/h2H,1,3-7H2. The second-order valence-corrected chi connectivity index (χ2v) is 2.07. The molecule has 0 N–H and O–H groups in total. The monoisotopic (exact) mass is 164 g/mol. The van der Waals surface area contributed by atoms with Crippen LogP contribution in [-0.4, -0.2) is 25.7 Å². The van der Waals surface area contributed by atoms with Gasteiger partial charge in [0, 0.05) is 18.9 Å². The van der Waals surface area contributed by atoms with E-state index in [0.717, 1.165) is 6.42 Å². The molecular formula is C7H13ClO2. The first-order valence-electron chi connectivity index (χ1n) is 3.28. The zero-order chi connectivity index (χ0) is 7.66. The van der Waals surface area contributed by atoms with Crippen LogP contribution in [0.4, 0.5) is 0 Å². The Morgan fingerprint density at radius 3 is 2.70 bits per heavy atom. The minimum Gasteiger partial charge on any atom is -0.502 e. The maximum atomic E-state index is 5.37. The maximum absolute atomic E-state index is 5.37. The highest BCUT2D eigenvalue weighted by atomic mass is 35.5. The van der Waals surface area contributed by atoms with E-state index in [1.807, 2.05) is 0 Å². The van der Waals surface area contributed by atoms with E-state index in [-0.39, 0.29) is 0 Å². The largest absolute Gasteiger partial charge is 0.502 e. The molecule has 0 atom stereocenters. The van der Waals surface area contributed by atoms with E-state index in [0.29, 0.717) is 25.7 Å². The smallest absolute Gasteiger partial charge is 0.0895 e. The Morgan fingerprint density at radius 1 is 1.30 bits per heavy atom. The molecule has 0 heterocycles. The van der Waals surface area contributed by atoms with E-state index in [1.54, 1.807) is 0 Å². The van der Waals surface area contributed by atoms with Crippen molar-refractivity contribution in [3.63, 3.8) is 0 Å². The minimum atomic E-state index is 0.558. The Kier molecular flexibility index (Phi) is 8.61. The molecule has 0 saturated carbocycles. The zero-order valence-electron chi connectivity index (χ0n) is 6.01. The molecule has 0 radical (unpaired) electrons. The number of ether oxygens (including phenoxy) is 2. The molecule has 0 unspecified atom stereocenters. The molecular weight excluding hydrogens is 152 g/mol. The van der Waals surface area contributed by atoms with Gasteiger partial charge in [-0.05, 0) is 0 Å². The quantitative estimate of drug-likeness (QED) is 0.325. The molecule has 2 nitrogen and oxygen atoms in total. The highest BCUT2D eigenvalue weighted by Crippen LogP contribution is 1.85. The van der Waals surface area contributed by atoms with Gasteiger partial charge in [0.15, 0.2) is 0 Å². The SMILES string of the molecule is C=COCCCOCCCl. The van der Waals surface area contributed by atoms with Gasteiger partial charge in [-0.3, -0.25) is 0 Å². The normalized spacial score (nSPS) is 9.30. The molecule has 0 aliphatic carbocycles. The van der Waals surface area contributed by atoms with Gasteiger partial charge in [0.25, 0.3) is 0 Å². The lowest BCUT2D eigenvalue weighted by Crippen LogP contribution is -2.00. The molecule has 0 bridgehead atoms. The van der Waals surface area contributed by atoms with Gasteiger partial charge in [-0.25, -0.2) is 0 Å². The summed E-state index contributed by atoms with van der Waals surface area (Å²) in [5.74, 6) is 0.558. The van der Waals surface area contributed by atoms with E-state index in [9.17, 15) is 0 Å². The summed E-state index contributed by atoms with van der Waals surface area (Å²) in [6.45, 7) is 5.41. The van der Waals surface area contributed by atoms with Crippen LogP contribution in [0.2, 0.25) is 0 Å². The van der Waals surface area contributed by atoms with E-state index in [1.165, 1.54) is 6.26 Å². The van der Waals surface area contributed by atoms with Gasteiger partial charge in [0.05, 0.1) is 19.5 Å². The van der Waals surface area contributed by atoms with Crippen LogP contribution in [0.5, 0.6) is 0 Å². The van der Waals surface area contributed by atoms with Gasteiger partial charge in [-0.1, -0.05) is 6.58 Å². The fourth-order valence-corrected chi connectivity index (χ4v) is 0.593. The Labute approximate surface area is 66.8 Å². The molecule has 0 fully saturated rings. The van der Waals surface area contributed by atoms with Crippen LogP contribution in [0, 0.1) is 0 Å². The van der Waals surface area contributed by atoms with Crippen LogP contribution < -0.4 is 0 Å². The van der Waals surface area contributed by atoms with Crippen LogP contribution in [0.3, 0.4) is 0 Å².